The lowest BCUT2D eigenvalue weighted by Crippen LogP contribution is -2.42. The van der Waals surface area contributed by atoms with Crippen LogP contribution in [0.25, 0.3) is 0 Å². The maximum absolute atomic E-state index is 12.1. The minimum Gasteiger partial charge on any atom is -0.480 e. The van der Waals surface area contributed by atoms with Crippen molar-refractivity contribution >= 4 is 27.8 Å². The van der Waals surface area contributed by atoms with Gasteiger partial charge in [-0.05, 0) is 24.3 Å². The van der Waals surface area contributed by atoms with Crippen LogP contribution < -0.4 is 4.72 Å². The van der Waals surface area contributed by atoms with Crippen LogP contribution in [-0.4, -0.2) is 31.3 Å². The Bertz CT molecular complexity index is 698. The summed E-state index contributed by atoms with van der Waals surface area (Å²) in [5.41, 5.74) is 0. The molecule has 0 aliphatic carbocycles. The van der Waals surface area contributed by atoms with Crippen LogP contribution in [0, 0.1) is 0 Å². The molecule has 6 nitrogen and oxygen atoms in total. The first-order chi connectivity index (χ1) is 10.5. The molecule has 0 bridgehead atoms. The third-order valence-corrected chi connectivity index (χ3v) is 5.30. The molecule has 1 unspecified atom stereocenters. The molecule has 2 N–H and O–H groups in total. The maximum atomic E-state index is 12.1. The van der Waals surface area contributed by atoms with Crippen LogP contribution in [-0.2, 0) is 20.6 Å². The molecule has 0 spiro atoms. The quantitative estimate of drug-likeness (QED) is 0.762. The van der Waals surface area contributed by atoms with Gasteiger partial charge < -0.3 is 9.52 Å². The van der Waals surface area contributed by atoms with E-state index in [-0.39, 0.29) is 10.6 Å². The number of carboxylic acid groups (broad SMARTS) is 1. The van der Waals surface area contributed by atoms with Gasteiger partial charge in [-0.2, -0.15) is 16.5 Å². The summed E-state index contributed by atoms with van der Waals surface area (Å²) in [6.45, 7) is 0. The van der Waals surface area contributed by atoms with E-state index in [0.29, 0.717) is 11.5 Å². The lowest BCUT2D eigenvalue weighted by molar-refractivity contribution is -0.138. The van der Waals surface area contributed by atoms with E-state index in [1.807, 2.05) is 0 Å². The summed E-state index contributed by atoms with van der Waals surface area (Å²) < 4.78 is 31.6. The van der Waals surface area contributed by atoms with Gasteiger partial charge in [-0.1, -0.05) is 18.2 Å². The van der Waals surface area contributed by atoms with Gasteiger partial charge in [-0.3, -0.25) is 4.79 Å². The molecular weight excluding hydrogens is 326 g/mol. The predicted octanol–water partition coefficient (Wildman–Crippen LogP) is 1.94. The average molecular weight is 341 g/mol. The minimum atomic E-state index is -3.86. The molecule has 1 atom stereocenters. The van der Waals surface area contributed by atoms with E-state index in [9.17, 15) is 18.3 Å². The third-order valence-electron chi connectivity index (χ3n) is 2.76. The molecule has 0 fully saturated rings. The minimum absolute atomic E-state index is 0.0392. The summed E-state index contributed by atoms with van der Waals surface area (Å²) >= 11 is 1.28. The number of aliphatic carboxylic acids is 1. The van der Waals surface area contributed by atoms with Crippen molar-refractivity contribution in [3.05, 3.63) is 54.5 Å². The van der Waals surface area contributed by atoms with Gasteiger partial charge in [0, 0.05) is 5.75 Å². The fourth-order valence-electron chi connectivity index (χ4n) is 1.68. The van der Waals surface area contributed by atoms with Gasteiger partial charge >= 0.3 is 5.97 Å². The second-order valence-electron chi connectivity index (χ2n) is 4.42. The van der Waals surface area contributed by atoms with Gasteiger partial charge in [0.2, 0.25) is 10.0 Å². The molecule has 0 saturated heterocycles. The second-order valence-corrected chi connectivity index (χ2v) is 7.16. The van der Waals surface area contributed by atoms with E-state index >= 15 is 0 Å². The van der Waals surface area contributed by atoms with Gasteiger partial charge in [0.1, 0.15) is 11.8 Å². The normalized spacial score (nSPS) is 12.9. The van der Waals surface area contributed by atoms with Crippen molar-refractivity contribution < 1.29 is 22.7 Å². The standard InChI is InChI=1S/C14H15NO5S2/c16-14(17)13(10-21-9-11-5-4-8-20-11)15-22(18,19)12-6-2-1-3-7-12/h1-8,13,15H,9-10H2,(H,16,17). The van der Waals surface area contributed by atoms with Gasteiger partial charge in [0.25, 0.3) is 0 Å². The van der Waals surface area contributed by atoms with E-state index in [4.69, 9.17) is 4.42 Å². The lowest BCUT2D eigenvalue weighted by atomic mass is 10.4. The summed E-state index contributed by atoms with van der Waals surface area (Å²) in [7, 11) is -3.86. The van der Waals surface area contributed by atoms with Gasteiger partial charge in [-0.25, -0.2) is 8.42 Å². The zero-order chi connectivity index (χ0) is 16.0. The first-order valence-corrected chi connectivity index (χ1v) is 9.03. The second kappa shape index (κ2) is 7.48. The van der Waals surface area contributed by atoms with E-state index in [1.165, 1.54) is 30.2 Å². The number of hydrogen-bond donors (Lipinski definition) is 2. The van der Waals surface area contributed by atoms with E-state index in [1.54, 1.807) is 30.3 Å². The van der Waals surface area contributed by atoms with Crippen LogP contribution in [0.5, 0.6) is 0 Å². The topological polar surface area (TPSA) is 96.6 Å². The van der Waals surface area contributed by atoms with Gasteiger partial charge in [0.05, 0.1) is 16.9 Å². The Balaban J connectivity index is 1.98. The average Bonchev–Trinajstić information content (AvgIpc) is 3.00. The number of furan rings is 1. The molecule has 0 radical (unpaired) electrons. The molecule has 0 saturated carbocycles. The van der Waals surface area contributed by atoms with Crippen LogP contribution in [0.1, 0.15) is 5.76 Å². The molecule has 118 valence electrons. The first kappa shape index (κ1) is 16.6. The van der Waals surface area contributed by atoms with Crippen LogP contribution in [0.4, 0.5) is 0 Å². The van der Waals surface area contributed by atoms with Crippen molar-refractivity contribution in [1.82, 2.24) is 4.72 Å². The Kier molecular flexibility index (Phi) is 5.64. The number of carbonyl (C=O) groups is 1. The molecule has 0 aliphatic heterocycles. The Morgan fingerprint density at radius 3 is 2.55 bits per heavy atom. The molecule has 1 heterocycles. The number of sulfonamides is 1. The van der Waals surface area contributed by atoms with Crippen molar-refractivity contribution in [3.8, 4) is 0 Å². The Morgan fingerprint density at radius 2 is 1.95 bits per heavy atom. The monoisotopic (exact) mass is 341 g/mol. The molecule has 1 aromatic carbocycles. The maximum Gasteiger partial charge on any atom is 0.322 e. The largest absolute Gasteiger partial charge is 0.480 e. The van der Waals surface area contributed by atoms with Crippen molar-refractivity contribution in [2.24, 2.45) is 0 Å². The van der Waals surface area contributed by atoms with Crippen molar-refractivity contribution in [3.63, 3.8) is 0 Å². The summed E-state index contributed by atoms with van der Waals surface area (Å²) in [5.74, 6) is 0.0675. The third kappa shape index (κ3) is 4.62. The molecule has 2 aromatic rings. The van der Waals surface area contributed by atoms with E-state index in [0.717, 1.165) is 0 Å². The number of hydrogen-bond acceptors (Lipinski definition) is 5. The van der Waals surface area contributed by atoms with E-state index in [2.05, 4.69) is 4.72 Å². The fourth-order valence-corrected chi connectivity index (χ4v) is 3.94. The lowest BCUT2D eigenvalue weighted by Gasteiger charge is -2.14. The molecular formula is C14H15NO5S2. The number of nitrogens with one attached hydrogen (secondary N) is 1. The summed E-state index contributed by atoms with van der Waals surface area (Å²) in [6, 6.07) is 9.98. The highest BCUT2D eigenvalue weighted by atomic mass is 32.2. The summed E-state index contributed by atoms with van der Waals surface area (Å²) in [4.78, 5) is 11.3. The summed E-state index contributed by atoms with van der Waals surface area (Å²) in [6.07, 6.45) is 1.53. The molecule has 1 aromatic heterocycles. The molecule has 0 aliphatic rings. The van der Waals surface area contributed by atoms with Gasteiger partial charge in [0.15, 0.2) is 0 Å². The Hall–Kier alpha value is -1.77. The van der Waals surface area contributed by atoms with Crippen LogP contribution in [0.2, 0.25) is 0 Å². The number of benzene rings is 1. The van der Waals surface area contributed by atoms with Crippen molar-refractivity contribution in [1.29, 1.82) is 0 Å². The zero-order valence-corrected chi connectivity index (χ0v) is 13.1. The van der Waals surface area contributed by atoms with Crippen LogP contribution >= 0.6 is 11.8 Å². The zero-order valence-electron chi connectivity index (χ0n) is 11.5. The number of thioether (sulfide) groups is 1. The smallest absolute Gasteiger partial charge is 0.322 e. The molecule has 0 amide bonds. The molecule has 2 rings (SSSR count). The first-order valence-electron chi connectivity index (χ1n) is 6.39. The van der Waals surface area contributed by atoms with E-state index < -0.39 is 22.0 Å². The fraction of sp³-hybridized carbons (Fsp3) is 0.214. The number of rotatable bonds is 8. The Labute approximate surface area is 132 Å². The SMILES string of the molecule is O=C(O)C(CSCc1ccco1)NS(=O)(=O)c1ccccc1. The Morgan fingerprint density at radius 1 is 1.23 bits per heavy atom. The van der Waals surface area contributed by atoms with Gasteiger partial charge in [-0.15, -0.1) is 0 Å². The highest BCUT2D eigenvalue weighted by Crippen LogP contribution is 2.15. The molecule has 22 heavy (non-hydrogen) atoms. The predicted molar refractivity (Wildman–Crippen MR) is 83.1 cm³/mol. The van der Waals surface area contributed by atoms with Crippen molar-refractivity contribution in [2.75, 3.05) is 5.75 Å². The highest BCUT2D eigenvalue weighted by Gasteiger charge is 2.25. The summed E-state index contributed by atoms with van der Waals surface area (Å²) in [5, 5.41) is 9.18. The van der Waals surface area contributed by atoms with Crippen molar-refractivity contribution in [2.45, 2.75) is 16.7 Å². The highest BCUT2D eigenvalue weighted by molar-refractivity contribution is 7.98. The molecule has 8 heteroatoms. The van der Waals surface area contributed by atoms with Crippen LogP contribution in [0.3, 0.4) is 0 Å². The number of carboxylic acids is 1. The van der Waals surface area contributed by atoms with Crippen LogP contribution in [0.15, 0.2) is 58.0 Å².